The van der Waals surface area contributed by atoms with Crippen molar-refractivity contribution in [3.8, 4) is 0 Å². The first-order valence-electron chi connectivity index (χ1n) is 25.7. The van der Waals surface area contributed by atoms with Crippen molar-refractivity contribution in [1.82, 2.24) is 0 Å². The molecule has 0 aliphatic heterocycles. The van der Waals surface area contributed by atoms with E-state index in [4.69, 9.17) is 14.2 Å². The zero-order valence-electron chi connectivity index (χ0n) is 39.7. The van der Waals surface area contributed by atoms with E-state index < -0.39 is 6.10 Å². The molecule has 6 heteroatoms. The lowest BCUT2D eigenvalue weighted by atomic mass is 10.0. The third kappa shape index (κ3) is 46.4. The second-order valence-corrected chi connectivity index (χ2v) is 17.1. The SMILES string of the molecule is CCCC/C=C\C=C/CCCCCC(=O)OCC(COC(=O)CCCCCCCCCCCC/C=C\C=C/CCCCC)OC(=O)CCCCCCCCCCCCCC. The molecule has 0 amide bonds. The second-order valence-electron chi connectivity index (χ2n) is 17.1. The van der Waals surface area contributed by atoms with E-state index in [2.05, 4.69) is 69.4 Å². The van der Waals surface area contributed by atoms with E-state index in [0.29, 0.717) is 19.3 Å². The van der Waals surface area contributed by atoms with E-state index in [1.54, 1.807) is 0 Å². The lowest BCUT2D eigenvalue weighted by molar-refractivity contribution is -0.167. The Balaban J connectivity index is 4.32. The van der Waals surface area contributed by atoms with Gasteiger partial charge in [0.25, 0.3) is 0 Å². The zero-order valence-corrected chi connectivity index (χ0v) is 39.7. The minimum absolute atomic E-state index is 0.0814. The average Bonchev–Trinajstić information content (AvgIpc) is 3.24. The number of carbonyl (C=O) groups is 3. The van der Waals surface area contributed by atoms with Crippen LogP contribution in [0.25, 0.3) is 0 Å². The lowest BCUT2D eigenvalue weighted by Gasteiger charge is -2.18. The summed E-state index contributed by atoms with van der Waals surface area (Å²) in [5.41, 5.74) is 0. The Morgan fingerprint density at radius 1 is 0.333 bits per heavy atom. The first-order chi connectivity index (χ1) is 29.5. The average molecular weight is 841 g/mol. The minimum atomic E-state index is -0.781. The molecule has 348 valence electrons. The van der Waals surface area contributed by atoms with Crippen LogP contribution in [-0.2, 0) is 28.6 Å². The molecule has 0 saturated carbocycles. The third-order valence-electron chi connectivity index (χ3n) is 11.1. The minimum Gasteiger partial charge on any atom is -0.462 e. The number of hydrogen-bond donors (Lipinski definition) is 0. The fourth-order valence-electron chi connectivity index (χ4n) is 7.17. The van der Waals surface area contributed by atoms with Crippen LogP contribution in [0.5, 0.6) is 0 Å². The van der Waals surface area contributed by atoms with Crippen LogP contribution < -0.4 is 0 Å². The Bertz CT molecular complexity index is 1060. The van der Waals surface area contributed by atoms with E-state index in [1.807, 2.05) is 0 Å². The highest BCUT2D eigenvalue weighted by molar-refractivity contribution is 5.71. The summed E-state index contributed by atoms with van der Waals surface area (Å²) in [4.78, 5) is 37.9. The quantitative estimate of drug-likeness (QED) is 0.0263. The summed E-state index contributed by atoms with van der Waals surface area (Å²) in [6.45, 7) is 6.54. The molecule has 60 heavy (non-hydrogen) atoms. The van der Waals surface area contributed by atoms with E-state index in [0.717, 1.165) is 70.6 Å². The number of unbranched alkanes of at least 4 members (excludes halogenated alkanes) is 29. The number of rotatable bonds is 46. The van der Waals surface area contributed by atoms with Gasteiger partial charge in [-0.1, -0.05) is 223 Å². The van der Waals surface area contributed by atoms with Gasteiger partial charge in [0, 0.05) is 19.3 Å². The summed E-state index contributed by atoms with van der Waals surface area (Å²) in [5, 5.41) is 0. The van der Waals surface area contributed by atoms with Crippen LogP contribution in [-0.4, -0.2) is 37.2 Å². The molecule has 0 aliphatic rings. The standard InChI is InChI=1S/C54H96O6/c1-4-7-10-13-16-19-22-24-25-26-27-28-29-30-33-35-38-41-44-47-53(56)59-50-51(49-58-52(55)46-43-40-37-34-31-21-18-15-12-9-6-3)60-54(57)48-45-42-39-36-32-23-20-17-14-11-8-5-2/h15-16,18-19,21-22,24,31,51H,4-14,17,20,23,25-30,32-50H2,1-3H3/b18-15-,19-16-,24-22-,31-21-. The molecule has 0 aromatic carbocycles. The van der Waals surface area contributed by atoms with Gasteiger partial charge in [-0.15, -0.1) is 0 Å². The summed E-state index contributed by atoms with van der Waals surface area (Å²) in [6.07, 6.45) is 58.1. The molecule has 0 radical (unpaired) electrons. The number of allylic oxidation sites excluding steroid dienone is 8. The molecule has 0 aliphatic carbocycles. The molecule has 6 nitrogen and oxygen atoms in total. The van der Waals surface area contributed by atoms with Gasteiger partial charge in [0.05, 0.1) is 0 Å². The Morgan fingerprint density at radius 3 is 0.983 bits per heavy atom. The van der Waals surface area contributed by atoms with Crippen molar-refractivity contribution in [2.24, 2.45) is 0 Å². The van der Waals surface area contributed by atoms with Gasteiger partial charge in [0.2, 0.25) is 0 Å². The number of carbonyl (C=O) groups excluding carboxylic acids is 3. The molecule has 0 heterocycles. The van der Waals surface area contributed by atoms with Gasteiger partial charge in [0.15, 0.2) is 6.10 Å². The van der Waals surface area contributed by atoms with Crippen LogP contribution in [0.15, 0.2) is 48.6 Å². The molecule has 1 atom stereocenters. The number of hydrogen-bond acceptors (Lipinski definition) is 6. The predicted octanol–water partition coefficient (Wildman–Crippen LogP) is 16.7. The Labute approximate surface area is 371 Å². The molecule has 0 aromatic heterocycles. The highest BCUT2D eigenvalue weighted by atomic mass is 16.6. The van der Waals surface area contributed by atoms with E-state index in [-0.39, 0.29) is 31.1 Å². The van der Waals surface area contributed by atoms with Crippen molar-refractivity contribution < 1.29 is 28.6 Å². The molecule has 0 spiro atoms. The molecule has 0 fully saturated rings. The molecule has 0 N–H and O–H groups in total. The van der Waals surface area contributed by atoms with Crippen LogP contribution in [0.4, 0.5) is 0 Å². The zero-order chi connectivity index (χ0) is 43.7. The van der Waals surface area contributed by atoms with Gasteiger partial charge >= 0.3 is 17.9 Å². The van der Waals surface area contributed by atoms with Crippen LogP contribution in [0.3, 0.4) is 0 Å². The lowest BCUT2D eigenvalue weighted by Crippen LogP contribution is -2.30. The molecule has 0 bridgehead atoms. The largest absolute Gasteiger partial charge is 0.462 e. The Kier molecular flexibility index (Phi) is 46.9. The maximum Gasteiger partial charge on any atom is 0.306 e. The van der Waals surface area contributed by atoms with Gasteiger partial charge in [0.1, 0.15) is 13.2 Å². The Morgan fingerprint density at radius 2 is 0.600 bits per heavy atom. The van der Waals surface area contributed by atoms with Crippen molar-refractivity contribution in [3.63, 3.8) is 0 Å². The fraction of sp³-hybridized carbons (Fsp3) is 0.796. The summed E-state index contributed by atoms with van der Waals surface area (Å²) in [5.74, 6) is -0.908. The third-order valence-corrected chi connectivity index (χ3v) is 11.1. The highest BCUT2D eigenvalue weighted by Crippen LogP contribution is 2.15. The molecule has 0 aromatic rings. The molecular weight excluding hydrogens is 745 g/mol. The van der Waals surface area contributed by atoms with E-state index in [9.17, 15) is 14.4 Å². The smallest absolute Gasteiger partial charge is 0.306 e. The van der Waals surface area contributed by atoms with E-state index in [1.165, 1.54) is 148 Å². The van der Waals surface area contributed by atoms with Crippen molar-refractivity contribution in [2.75, 3.05) is 13.2 Å². The van der Waals surface area contributed by atoms with Crippen LogP contribution >= 0.6 is 0 Å². The number of esters is 3. The van der Waals surface area contributed by atoms with E-state index >= 15 is 0 Å². The highest BCUT2D eigenvalue weighted by Gasteiger charge is 2.19. The molecular formula is C54H96O6. The van der Waals surface area contributed by atoms with Gasteiger partial charge < -0.3 is 14.2 Å². The van der Waals surface area contributed by atoms with Gasteiger partial charge in [-0.2, -0.15) is 0 Å². The van der Waals surface area contributed by atoms with Crippen molar-refractivity contribution in [1.29, 1.82) is 0 Å². The maximum absolute atomic E-state index is 12.8. The summed E-state index contributed by atoms with van der Waals surface area (Å²) in [7, 11) is 0. The molecule has 0 saturated heterocycles. The molecule has 1 unspecified atom stereocenters. The van der Waals surface area contributed by atoms with Gasteiger partial charge in [-0.3, -0.25) is 14.4 Å². The van der Waals surface area contributed by atoms with Gasteiger partial charge in [-0.25, -0.2) is 0 Å². The van der Waals surface area contributed by atoms with Crippen molar-refractivity contribution >= 4 is 17.9 Å². The maximum atomic E-state index is 12.8. The summed E-state index contributed by atoms with van der Waals surface area (Å²) < 4.78 is 16.7. The van der Waals surface area contributed by atoms with Crippen molar-refractivity contribution in [2.45, 2.75) is 264 Å². The predicted molar refractivity (Wildman–Crippen MR) is 256 cm³/mol. The van der Waals surface area contributed by atoms with Crippen LogP contribution in [0, 0.1) is 0 Å². The Hall–Kier alpha value is -2.63. The fourth-order valence-corrected chi connectivity index (χ4v) is 7.17. The second kappa shape index (κ2) is 49.0. The normalized spacial score (nSPS) is 12.4. The monoisotopic (exact) mass is 841 g/mol. The van der Waals surface area contributed by atoms with Crippen LogP contribution in [0.1, 0.15) is 258 Å². The first kappa shape index (κ1) is 57.4. The molecule has 0 rings (SSSR count). The number of ether oxygens (including phenoxy) is 3. The van der Waals surface area contributed by atoms with Gasteiger partial charge in [-0.05, 0) is 64.2 Å². The summed E-state index contributed by atoms with van der Waals surface area (Å²) >= 11 is 0. The topological polar surface area (TPSA) is 78.9 Å². The first-order valence-corrected chi connectivity index (χ1v) is 25.7. The van der Waals surface area contributed by atoms with Crippen molar-refractivity contribution in [3.05, 3.63) is 48.6 Å². The van der Waals surface area contributed by atoms with Crippen LogP contribution in [0.2, 0.25) is 0 Å². The summed E-state index contributed by atoms with van der Waals surface area (Å²) in [6, 6.07) is 0.